The smallest absolute Gasteiger partial charge is 0.328 e. The highest BCUT2D eigenvalue weighted by Gasteiger charge is 2.21. The fourth-order valence-electron chi connectivity index (χ4n) is 4.82. The number of hydrogen-bond acceptors (Lipinski definition) is 3. The zero-order chi connectivity index (χ0) is 26.1. The van der Waals surface area contributed by atoms with Gasteiger partial charge in [0.15, 0.2) is 0 Å². The van der Waals surface area contributed by atoms with E-state index in [4.69, 9.17) is 4.74 Å². The molecule has 0 unspecified atom stereocenters. The first-order chi connectivity index (χ1) is 17.7. The van der Waals surface area contributed by atoms with E-state index in [-0.39, 0.29) is 11.9 Å². The van der Waals surface area contributed by atoms with E-state index in [9.17, 15) is 9.59 Å². The van der Waals surface area contributed by atoms with E-state index in [0.717, 1.165) is 18.4 Å². The summed E-state index contributed by atoms with van der Waals surface area (Å²) in [5.41, 5.74) is 1.01. The molecule has 4 nitrogen and oxygen atoms in total. The monoisotopic (exact) mass is 501 g/mol. The van der Waals surface area contributed by atoms with Crippen LogP contribution in [0.1, 0.15) is 141 Å². The first-order valence-corrected chi connectivity index (χ1v) is 15.1. The van der Waals surface area contributed by atoms with Crippen molar-refractivity contribution in [3.8, 4) is 0 Å². The quantitative estimate of drug-likeness (QED) is 0.114. The van der Waals surface area contributed by atoms with Crippen molar-refractivity contribution in [3.63, 3.8) is 0 Å². The van der Waals surface area contributed by atoms with Crippen molar-refractivity contribution in [2.45, 2.75) is 148 Å². The van der Waals surface area contributed by atoms with Crippen LogP contribution in [0.2, 0.25) is 0 Å². The van der Waals surface area contributed by atoms with Crippen molar-refractivity contribution >= 4 is 11.9 Å². The Labute approximate surface area is 222 Å². The Morgan fingerprint density at radius 1 is 0.667 bits per heavy atom. The highest BCUT2D eigenvalue weighted by Crippen LogP contribution is 2.15. The molecule has 0 aliphatic carbocycles. The highest BCUT2D eigenvalue weighted by molar-refractivity contribution is 5.84. The molecular weight excluding hydrogens is 446 g/mol. The van der Waals surface area contributed by atoms with E-state index in [0.29, 0.717) is 12.8 Å². The first kappa shape index (κ1) is 32.2. The van der Waals surface area contributed by atoms with Gasteiger partial charge in [-0.3, -0.25) is 4.79 Å². The molecule has 4 heteroatoms. The fourth-order valence-corrected chi connectivity index (χ4v) is 4.82. The van der Waals surface area contributed by atoms with E-state index in [2.05, 4.69) is 12.2 Å². The lowest BCUT2D eigenvalue weighted by molar-refractivity contribution is -0.145. The summed E-state index contributed by atoms with van der Waals surface area (Å²) >= 11 is 0. The SMILES string of the molecule is CCCCCCCCCCCCCCCCCCCCCC(=O)N[C@@H](Cc1ccccc1)C(=O)OC. The van der Waals surface area contributed by atoms with Gasteiger partial charge in [0.25, 0.3) is 0 Å². The number of methoxy groups -OCH3 is 1. The van der Waals surface area contributed by atoms with Crippen molar-refractivity contribution in [2.75, 3.05) is 7.11 Å². The van der Waals surface area contributed by atoms with Gasteiger partial charge in [0, 0.05) is 12.8 Å². The molecule has 1 rings (SSSR count). The number of unbranched alkanes of at least 4 members (excludes halogenated alkanes) is 18. The predicted molar refractivity (Wildman–Crippen MR) is 152 cm³/mol. The molecule has 0 saturated heterocycles. The number of carbonyl (C=O) groups is 2. The third-order valence-electron chi connectivity index (χ3n) is 7.11. The van der Waals surface area contributed by atoms with Gasteiger partial charge in [0.1, 0.15) is 6.04 Å². The predicted octanol–water partition coefficient (Wildman–Crippen LogP) is 8.71. The van der Waals surface area contributed by atoms with Gasteiger partial charge in [0.05, 0.1) is 7.11 Å². The van der Waals surface area contributed by atoms with Gasteiger partial charge in [-0.25, -0.2) is 4.79 Å². The number of rotatable bonds is 24. The van der Waals surface area contributed by atoms with E-state index in [1.165, 1.54) is 116 Å². The highest BCUT2D eigenvalue weighted by atomic mass is 16.5. The minimum atomic E-state index is -0.620. The van der Waals surface area contributed by atoms with Crippen LogP contribution >= 0.6 is 0 Å². The molecule has 0 spiro atoms. The molecule has 36 heavy (non-hydrogen) atoms. The van der Waals surface area contributed by atoms with Gasteiger partial charge >= 0.3 is 5.97 Å². The Morgan fingerprint density at radius 2 is 1.08 bits per heavy atom. The van der Waals surface area contributed by atoms with E-state index >= 15 is 0 Å². The molecule has 0 saturated carbocycles. The van der Waals surface area contributed by atoms with Crippen molar-refractivity contribution < 1.29 is 14.3 Å². The van der Waals surface area contributed by atoms with Gasteiger partial charge in [-0.1, -0.05) is 153 Å². The molecule has 0 aliphatic rings. The van der Waals surface area contributed by atoms with Crippen LogP contribution in [0, 0.1) is 0 Å². The molecule has 1 N–H and O–H groups in total. The molecule has 1 aromatic rings. The normalized spacial score (nSPS) is 11.8. The van der Waals surface area contributed by atoms with Gasteiger partial charge < -0.3 is 10.1 Å². The number of ether oxygens (including phenoxy) is 1. The molecule has 0 heterocycles. The maximum Gasteiger partial charge on any atom is 0.328 e. The maximum absolute atomic E-state index is 12.3. The maximum atomic E-state index is 12.3. The van der Waals surface area contributed by atoms with E-state index in [1.54, 1.807) is 0 Å². The molecule has 1 amide bonds. The third-order valence-corrected chi connectivity index (χ3v) is 7.11. The van der Waals surface area contributed by atoms with Crippen LogP contribution in [0.15, 0.2) is 30.3 Å². The average molecular weight is 502 g/mol. The Bertz CT molecular complexity index is 646. The lowest BCUT2D eigenvalue weighted by atomic mass is 10.0. The summed E-state index contributed by atoms with van der Waals surface area (Å²) < 4.78 is 4.88. The van der Waals surface area contributed by atoms with Crippen LogP contribution in [0.3, 0.4) is 0 Å². The third kappa shape index (κ3) is 18.4. The summed E-state index contributed by atoms with van der Waals surface area (Å²) in [6, 6.07) is 9.11. The number of amides is 1. The van der Waals surface area contributed by atoms with E-state index in [1.807, 2.05) is 30.3 Å². The van der Waals surface area contributed by atoms with Crippen LogP contribution in [-0.2, 0) is 20.7 Å². The van der Waals surface area contributed by atoms with Crippen LogP contribution in [0.5, 0.6) is 0 Å². The van der Waals surface area contributed by atoms with Crippen LogP contribution in [0.4, 0.5) is 0 Å². The minimum Gasteiger partial charge on any atom is -0.467 e. The second-order valence-electron chi connectivity index (χ2n) is 10.4. The van der Waals surface area contributed by atoms with E-state index < -0.39 is 6.04 Å². The summed E-state index contributed by atoms with van der Waals surface area (Å²) in [7, 11) is 1.37. The molecule has 1 atom stereocenters. The molecular formula is C32H55NO3. The minimum absolute atomic E-state index is 0.0618. The van der Waals surface area contributed by atoms with Gasteiger partial charge in [-0.15, -0.1) is 0 Å². The van der Waals surface area contributed by atoms with Gasteiger partial charge in [0.2, 0.25) is 5.91 Å². The average Bonchev–Trinajstić information content (AvgIpc) is 2.89. The van der Waals surface area contributed by atoms with Crippen molar-refractivity contribution in [1.82, 2.24) is 5.32 Å². The number of carbonyl (C=O) groups excluding carboxylic acids is 2. The molecule has 0 bridgehead atoms. The second-order valence-corrected chi connectivity index (χ2v) is 10.4. The van der Waals surface area contributed by atoms with Gasteiger partial charge in [-0.2, -0.15) is 0 Å². The molecule has 0 aliphatic heterocycles. The number of hydrogen-bond donors (Lipinski definition) is 1. The zero-order valence-electron chi connectivity index (χ0n) is 23.5. The number of benzene rings is 1. The largest absolute Gasteiger partial charge is 0.467 e. The van der Waals surface area contributed by atoms with Crippen molar-refractivity contribution in [3.05, 3.63) is 35.9 Å². The van der Waals surface area contributed by atoms with Crippen LogP contribution < -0.4 is 5.32 Å². The summed E-state index contributed by atoms with van der Waals surface area (Å²) in [4.78, 5) is 24.4. The van der Waals surface area contributed by atoms with Crippen LogP contribution in [0.25, 0.3) is 0 Å². The Morgan fingerprint density at radius 3 is 1.50 bits per heavy atom. The molecule has 0 aromatic heterocycles. The second kappa shape index (κ2) is 23.6. The number of esters is 1. The summed E-state index contributed by atoms with van der Waals surface area (Å²) in [5, 5.41) is 2.86. The molecule has 1 aromatic carbocycles. The molecule has 206 valence electrons. The zero-order valence-corrected chi connectivity index (χ0v) is 23.5. The lowest BCUT2D eigenvalue weighted by Crippen LogP contribution is -2.43. The standard InChI is InChI=1S/C32H55NO3/c1-3-4-5-6-7-8-9-10-11-12-13-14-15-16-17-18-19-20-24-27-31(34)33-30(32(35)36-2)28-29-25-22-21-23-26-29/h21-23,25-26,30H,3-20,24,27-28H2,1-2H3,(H,33,34)/t30-/m0/s1. The number of nitrogens with one attached hydrogen (secondary N) is 1. The van der Waals surface area contributed by atoms with Crippen molar-refractivity contribution in [2.24, 2.45) is 0 Å². The summed E-state index contributed by atoms with van der Waals surface area (Å²) in [6.07, 6.45) is 26.4. The molecule has 0 fully saturated rings. The summed E-state index contributed by atoms with van der Waals surface area (Å²) in [5.74, 6) is -0.450. The Hall–Kier alpha value is -1.84. The molecule has 0 radical (unpaired) electrons. The first-order valence-electron chi connectivity index (χ1n) is 15.1. The fraction of sp³-hybridized carbons (Fsp3) is 0.750. The van der Waals surface area contributed by atoms with Crippen molar-refractivity contribution in [1.29, 1.82) is 0 Å². The Kier molecular flexibility index (Phi) is 21.1. The summed E-state index contributed by atoms with van der Waals surface area (Å²) in [6.45, 7) is 2.28. The topological polar surface area (TPSA) is 55.4 Å². The van der Waals surface area contributed by atoms with Gasteiger partial charge in [-0.05, 0) is 12.0 Å². The lowest BCUT2D eigenvalue weighted by Gasteiger charge is -2.16. The van der Waals surface area contributed by atoms with Crippen LogP contribution in [-0.4, -0.2) is 25.0 Å². The Balaban J connectivity index is 1.91.